The standard InChI is InChI=1S/C21H23N3/c1-2-8-17(9-3-1)20(24-14-4-5-15-24)16-23-19-12-6-10-18-11-7-13-22-21(18)19/h1-3,6-13,20,23H,4-5,14-16H2. The summed E-state index contributed by atoms with van der Waals surface area (Å²) in [6, 6.07) is 21.7. The average molecular weight is 317 g/mol. The first-order valence-electron chi connectivity index (χ1n) is 8.78. The molecule has 3 aromatic rings. The fraction of sp³-hybridized carbons (Fsp3) is 0.286. The zero-order valence-corrected chi connectivity index (χ0v) is 13.9. The van der Waals surface area contributed by atoms with E-state index in [2.05, 4.69) is 69.8 Å². The summed E-state index contributed by atoms with van der Waals surface area (Å²) in [5, 5.41) is 4.84. The van der Waals surface area contributed by atoms with Gasteiger partial charge in [-0.1, -0.05) is 48.5 Å². The number of likely N-dealkylation sites (tertiary alicyclic amines) is 1. The summed E-state index contributed by atoms with van der Waals surface area (Å²) in [4.78, 5) is 7.15. The zero-order chi connectivity index (χ0) is 16.2. The molecule has 1 N–H and O–H groups in total. The van der Waals surface area contributed by atoms with Crippen molar-refractivity contribution < 1.29 is 0 Å². The molecule has 4 rings (SSSR count). The number of pyridine rings is 1. The normalized spacial score (nSPS) is 16.3. The Morgan fingerprint density at radius 2 is 1.71 bits per heavy atom. The molecule has 0 aliphatic carbocycles. The first kappa shape index (κ1) is 15.2. The van der Waals surface area contributed by atoms with Gasteiger partial charge in [0.15, 0.2) is 0 Å². The van der Waals surface area contributed by atoms with Crippen molar-refractivity contribution in [1.29, 1.82) is 0 Å². The van der Waals surface area contributed by atoms with Crippen LogP contribution in [-0.4, -0.2) is 29.5 Å². The number of nitrogens with one attached hydrogen (secondary N) is 1. The summed E-state index contributed by atoms with van der Waals surface area (Å²) in [6.45, 7) is 3.28. The molecule has 0 radical (unpaired) electrons. The minimum atomic E-state index is 0.410. The van der Waals surface area contributed by atoms with E-state index in [1.54, 1.807) is 0 Å². The van der Waals surface area contributed by atoms with Crippen LogP contribution < -0.4 is 5.32 Å². The lowest BCUT2D eigenvalue weighted by atomic mass is 10.1. The molecule has 1 fully saturated rings. The maximum absolute atomic E-state index is 4.55. The topological polar surface area (TPSA) is 28.2 Å². The van der Waals surface area contributed by atoms with Gasteiger partial charge >= 0.3 is 0 Å². The average Bonchev–Trinajstić information content (AvgIpc) is 3.17. The molecule has 0 bridgehead atoms. The Morgan fingerprint density at radius 3 is 2.54 bits per heavy atom. The van der Waals surface area contributed by atoms with E-state index in [1.165, 1.54) is 36.9 Å². The Bertz CT molecular complexity index is 789. The lowest BCUT2D eigenvalue weighted by molar-refractivity contribution is 0.256. The molecule has 3 heteroatoms. The number of hydrogen-bond donors (Lipinski definition) is 1. The fourth-order valence-electron chi connectivity index (χ4n) is 3.64. The third-order valence-electron chi connectivity index (χ3n) is 4.88. The van der Waals surface area contributed by atoms with Crippen molar-refractivity contribution in [3.8, 4) is 0 Å². The molecule has 1 aromatic heterocycles. The smallest absolute Gasteiger partial charge is 0.0933 e. The predicted octanol–water partition coefficient (Wildman–Crippen LogP) is 4.48. The van der Waals surface area contributed by atoms with Crippen LogP contribution in [0.2, 0.25) is 0 Å². The number of fused-ring (bicyclic) bond motifs is 1. The lowest BCUT2D eigenvalue weighted by Crippen LogP contribution is -2.31. The molecule has 1 atom stereocenters. The number of aromatic nitrogens is 1. The summed E-state index contributed by atoms with van der Waals surface area (Å²) in [5.41, 5.74) is 3.56. The Balaban J connectivity index is 1.58. The number of anilines is 1. The van der Waals surface area contributed by atoms with Crippen LogP contribution in [0.15, 0.2) is 66.9 Å². The van der Waals surface area contributed by atoms with Crippen molar-refractivity contribution in [3.63, 3.8) is 0 Å². The van der Waals surface area contributed by atoms with Gasteiger partial charge in [0.05, 0.1) is 17.2 Å². The molecule has 1 saturated heterocycles. The molecule has 1 aliphatic heterocycles. The summed E-state index contributed by atoms with van der Waals surface area (Å²) in [5.74, 6) is 0. The van der Waals surface area contributed by atoms with E-state index in [1.807, 2.05) is 12.3 Å². The lowest BCUT2D eigenvalue weighted by Gasteiger charge is -2.28. The second-order valence-corrected chi connectivity index (χ2v) is 6.43. The van der Waals surface area contributed by atoms with Crippen molar-refractivity contribution in [2.45, 2.75) is 18.9 Å². The maximum atomic E-state index is 4.55. The van der Waals surface area contributed by atoms with E-state index in [4.69, 9.17) is 0 Å². The highest BCUT2D eigenvalue weighted by molar-refractivity contribution is 5.90. The Kier molecular flexibility index (Phi) is 4.43. The van der Waals surface area contributed by atoms with Crippen LogP contribution in [0.3, 0.4) is 0 Å². The number of nitrogens with zero attached hydrogens (tertiary/aromatic N) is 2. The zero-order valence-electron chi connectivity index (χ0n) is 13.9. The van der Waals surface area contributed by atoms with Gasteiger partial charge in [-0.15, -0.1) is 0 Å². The Morgan fingerprint density at radius 1 is 0.917 bits per heavy atom. The molecule has 2 aromatic carbocycles. The number of para-hydroxylation sites is 1. The van der Waals surface area contributed by atoms with Gasteiger partial charge < -0.3 is 5.32 Å². The number of rotatable bonds is 5. The van der Waals surface area contributed by atoms with Gasteiger partial charge in [-0.25, -0.2) is 0 Å². The largest absolute Gasteiger partial charge is 0.381 e. The quantitative estimate of drug-likeness (QED) is 0.752. The molecule has 1 aliphatic rings. The van der Waals surface area contributed by atoms with E-state index in [0.29, 0.717) is 6.04 Å². The highest BCUT2D eigenvalue weighted by Crippen LogP contribution is 2.27. The van der Waals surface area contributed by atoms with Crippen LogP contribution in [0.4, 0.5) is 5.69 Å². The molecule has 1 unspecified atom stereocenters. The molecule has 24 heavy (non-hydrogen) atoms. The predicted molar refractivity (Wildman–Crippen MR) is 100 cm³/mol. The summed E-state index contributed by atoms with van der Waals surface area (Å²) >= 11 is 0. The second kappa shape index (κ2) is 7.02. The number of hydrogen-bond acceptors (Lipinski definition) is 3. The van der Waals surface area contributed by atoms with Crippen LogP contribution >= 0.6 is 0 Å². The van der Waals surface area contributed by atoms with Gasteiger partial charge in [0, 0.05) is 18.1 Å². The third kappa shape index (κ3) is 3.13. The van der Waals surface area contributed by atoms with Crippen LogP contribution in [-0.2, 0) is 0 Å². The van der Waals surface area contributed by atoms with E-state index >= 15 is 0 Å². The first-order valence-corrected chi connectivity index (χ1v) is 8.78. The maximum Gasteiger partial charge on any atom is 0.0933 e. The minimum Gasteiger partial charge on any atom is -0.381 e. The Labute approximate surface area is 143 Å². The second-order valence-electron chi connectivity index (χ2n) is 6.43. The molecular weight excluding hydrogens is 294 g/mol. The highest BCUT2D eigenvalue weighted by Gasteiger charge is 2.23. The summed E-state index contributed by atoms with van der Waals surface area (Å²) < 4.78 is 0. The Hall–Kier alpha value is -2.39. The van der Waals surface area contributed by atoms with Crippen molar-refractivity contribution in [2.75, 3.05) is 25.0 Å². The van der Waals surface area contributed by atoms with Crippen LogP contribution in [0.25, 0.3) is 10.9 Å². The van der Waals surface area contributed by atoms with Gasteiger partial charge in [0.1, 0.15) is 0 Å². The van der Waals surface area contributed by atoms with Crippen LogP contribution in [0.1, 0.15) is 24.4 Å². The summed E-state index contributed by atoms with van der Waals surface area (Å²) in [7, 11) is 0. The first-order chi connectivity index (χ1) is 11.9. The fourth-order valence-corrected chi connectivity index (χ4v) is 3.64. The third-order valence-corrected chi connectivity index (χ3v) is 4.88. The van der Waals surface area contributed by atoms with Crippen molar-refractivity contribution in [1.82, 2.24) is 9.88 Å². The van der Waals surface area contributed by atoms with Crippen LogP contribution in [0.5, 0.6) is 0 Å². The highest BCUT2D eigenvalue weighted by atomic mass is 15.2. The van der Waals surface area contributed by atoms with Crippen molar-refractivity contribution >= 4 is 16.6 Å². The van der Waals surface area contributed by atoms with Crippen LogP contribution in [0, 0.1) is 0 Å². The molecule has 2 heterocycles. The molecule has 3 nitrogen and oxygen atoms in total. The van der Waals surface area contributed by atoms with Gasteiger partial charge in [-0.2, -0.15) is 0 Å². The van der Waals surface area contributed by atoms with Crippen molar-refractivity contribution in [3.05, 3.63) is 72.4 Å². The summed E-state index contributed by atoms with van der Waals surface area (Å²) in [6.07, 6.45) is 4.47. The SMILES string of the molecule is c1ccc(C(CNc2cccc3cccnc23)N2CCCC2)cc1. The molecule has 122 valence electrons. The molecule has 0 amide bonds. The molecule has 0 spiro atoms. The van der Waals surface area contributed by atoms with Gasteiger partial charge in [-0.3, -0.25) is 9.88 Å². The van der Waals surface area contributed by atoms with E-state index < -0.39 is 0 Å². The van der Waals surface area contributed by atoms with E-state index in [9.17, 15) is 0 Å². The molecule has 0 saturated carbocycles. The van der Waals surface area contributed by atoms with Gasteiger partial charge in [0.2, 0.25) is 0 Å². The van der Waals surface area contributed by atoms with Crippen molar-refractivity contribution in [2.24, 2.45) is 0 Å². The molecular formula is C21H23N3. The van der Waals surface area contributed by atoms with Gasteiger partial charge in [0.25, 0.3) is 0 Å². The monoisotopic (exact) mass is 317 g/mol. The van der Waals surface area contributed by atoms with E-state index in [-0.39, 0.29) is 0 Å². The minimum absolute atomic E-state index is 0.410. The number of benzene rings is 2. The van der Waals surface area contributed by atoms with E-state index in [0.717, 1.165) is 17.7 Å². The van der Waals surface area contributed by atoms with Gasteiger partial charge in [-0.05, 0) is 43.6 Å².